The SMILES string of the molecule is CCCCCCCCC/C=C/C(O)C(CO)NC(=O)CCCCCCCCCCCCCOC(=O)CCCCCCCCCCCCCCCCCCCC. The zero-order chi connectivity index (χ0) is 40.1. The lowest BCUT2D eigenvalue weighted by molar-refractivity contribution is -0.143. The number of rotatable bonds is 45. The molecule has 0 aliphatic heterocycles. The van der Waals surface area contributed by atoms with Gasteiger partial charge in [0.05, 0.1) is 25.4 Å². The van der Waals surface area contributed by atoms with Crippen LogP contribution in [0.1, 0.15) is 264 Å². The molecule has 0 saturated heterocycles. The van der Waals surface area contributed by atoms with Gasteiger partial charge in [-0.2, -0.15) is 0 Å². The highest BCUT2D eigenvalue weighted by Gasteiger charge is 2.18. The van der Waals surface area contributed by atoms with Crippen LogP contribution in [0.4, 0.5) is 0 Å². The lowest BCUT2D eigenvalue weighted by Gasteiger charge is -2.20. The van der Waals surface area contributed by atoms with Crippen LogP contribution in [0.15, 0.2) is 12.2 Å². The molecule has 0 fully saturated rings. The highest BCUT2D eigenvalue weighted by atomic mass is 16.5. The predicted molar refractivity (Wildman–Crippen MR) is 237 cm³/mol. The molecule has 6 heteroatoms. The van der Waals surface area contributed by atoms with Crippen molar-refractivity contribution in [3.05, 3.63) is 12.2 Å². The van der Waals surface area contributed by atoms with Crippen LogP contribution < -0.4 is 5.32 Å². The van der Waals surface area contributed by atoms with Crippen molar-refractivity contribution in [3.8, 4) is 0 Å². The van der Waals surface area contributed by atoms with Gasteiger partial charge in [-0.25, -0.2) is 0 Å². The Bertz CT molecular complexity index is 817. The van der Waals surface area contributed by atoms with Gasteiger partial charge in [0, 0.05) is 12.8 Å². The number of ether oxygens (including phenoxy) is 1. The molecule has 0 radical (unpaired) electrons. The fourth-order valence-electron chi connectivity index (χ4n) is 7.51. The minimum Gasteiger partial charge on any atom is -0.466 e. The van der Waals surface area contributed by atoms with Crippen molar-refractivity contribution >= 4 is 11.9 Å². The van der Waals surface area contributed by atoms with E-state index in [2.05, 4.69) is 19.2 Å². The van der Waals surface area contributed by atoms with Crippen LogP contribution in [0.2, 0.25) is 0 Å². The van der Waals surface area contributed by atoms with E-state index in [1.54, 1.807) is 6.08 Å². The molecule has 55 heavy (non-hydrogen) atoms. The number of esters is 1. The van der Waals surface area contributed by atoms with E-state index in [0.717, 1.165) is 57.8 Å². The minimum atomic E-state index is -0.853. The summed E-state index contributed by atoms with van der Waals surface area (Å²) >= 11 is 0. The van der Waals surface area contributed by atoms with Gasteiger partial charge in [-0.05, 0) is 32.1 Å². The molecular formula is C49H95NO5. The normalized spacial score (nSPS) is 12.7. The van der Waals surface area contributed by atoms with Crippen LogP contribution in [0, 0.1) is 0 Å². The fraction of sp³-hybridized carbons (Fsp3) is 0.918. The van der Waals surface area contributed by atoms with Gasteiger partial charge in [-0.1, -0.05) is 231 Å². The largest absolute Gasteiger partial charge is 0.466 e. The third kappa shape index (κ3) is 42.0. The molecular weight excluding hydrogens is 683 g/mol. The summed E-state index contributed by atoms with van der Waals surface area (Å²) in [4.78, 5) is 24.4. The molecule has 3 N–H and O–H groups in total. The standard InChI is InChI=1S/C49H95NO5/c1-3-5-7-9-11-13-14-15-16-17-18-19-20-23-27-31-35-39-43-49(54)55-44-40-36-32-28-24-21-22-26-30-34-38-42-48(53)50-46(45-51)47(52)41-37-33-29-25-12-10-8-6-4-2/h37,41,46-47,51-52H,3-36,38-40,42-45H2,1-2H3,(H,50,53)/b41-37+. The molecule has 0 heterocycles. The van der Waals surface area contributed by atoms with E-state index in [1.807, 2.05) is 6.08 Å². The van der Waals surface area contributed by atoms with Gasteiger partial charge in [0.2, 0.25) is 5.91 Å². The molecule has 1 amide bonds. The highest BCUT2D eigenvalue weighted by Crippen LogP contribution is 2.16. The van der Waals surface area contributed by atoms with Crippen molar-refractivity contribution in [1.29, 1.82) is 0 Å². The van der Waals surface area contributed by atoms with Crippen LogP contribution in [-0.2, 0) is 14.3 Å². The van der Waals surface area contributed by atoms with Gasteiger partial charge in [-0.15, -0.1) is 0 Å². The molecule has 0 aliphatic rings. The number of amides is 1. The number of aliphatic hydroxyl groups is 2. The average molecular weight is 778 g/mol. The Morgan fingerprint density at radius 3 is 1.24 bits per heavy atom. The van der Waals surface area contributed by atoms with Gasteiger partial charge in [0.25, 0.3) is 0 Å². The molecule has 0 aromatic heterocycles. The van der Waals surface area contributed by atoms with Crippen LogP contribution in [-0.4, -0.2) is 47.4 Å². The summed E-state index contributed by atoms with van der Waals surface area (Å²) in [5, 5.41) is 22.9. The van der Waals surface area contributed by atoms with E-state index >= 15 is 0 Å². The Hall–Kier alpha value is -1.40. The molecule has 2 atom stereocenters. The Morgan fingerprint density at radius 2 is 0.836 bits per heavy atom. The maximum Gasteiger partial charge on any atom is 0.305 e. The topological polar surface area (TPSA) is 95.9 Å². The van der Waals surface area contributed by atoms with E-state index in [9.17, 15) is 19.8 Å². The second-order valence-corrected chi connectivity index (χ2v) is 16.8. The monoisotopic (exact) mass is 778 g/mol. The van der Waals surface area contributed by atoms with Crippen LogP contribution >= 0.6 is 0 Å². The number of hydrogen-bond donors (Lipinski definition) is 3. The zero-order valence-electron chi connectivity index (χ0n) is 36.9. The highest BCUT2D eigenvalue weighted by molar-refractivity contribution is 5.76. The predicted octanol–water partition coefficient (Wildman–Crippen LogP) is 14.2. The van der Waals surface area contributed by atoms with Crippen molar-refractivity contribution in [2.75, 3.05) is 13.2 Å². The lowest BCUT2D eigenvalue weighted by Crippen LogP contribution is -2.45. The Labute approximate surface area is 342 Å². The zero-order valence-corrected chi connectivity index (χ0v) is 36.9. The molecule has 0 saturated carbocycles. The third-order valence-electron chi connectivity index (χ3n) is 11.3. The molecule has 0 bridgehead atoms. The number of unbranched alkanes of at least 4 members (excludes halogenated alkanes) is 34. The number of nitrogens with one attached hydrogen (secondary N) is 1. The van der Waals surface area contributed by atoms with E-state index < -0.39 is 12.1 Å². The van der Waals surface area contributed by atoms with Crippen molar-refractivity contribution in [2.24, 2.45) is 0 Å². The van der Waals surface area contributed by atoms with Gasteiger partial charge in [-0.3, -0.25) is 9.59 Å². The van der Waals surface area contributed by atoms with Crippen LogP contribution in [0.5, 0.6) is 0 Å². The van der Waals surface area contributed by atoms with Gasteiger partial charge in [0.15, 0.2) is 0 Å². The molecule has 0 rings (SSSR count). The summed E-state index contributed by atoms with van der Waals surface area (Å²) < 4.78 is 5.46. The third-order valence-corrected chi connectivity index (χ3v) is 11.3. The summed E-state index contributed by atoms with van der Waals surface area (Å²) in [7, 11) is 0. The van der Waals surface area contributed by atoms with Crippen molar-refractivity contribution < 1.29 is 24.5 Å². The first kappa shape index (κ1) is 53.6. The summed E-state index contributed by atoms with van der Waals surface area (Å²) in [6.45, 7) is 4.84. The first-order valence-corrected chi connectivity index (χ1v) is 24.5. The van der Waals surface area contributed by atoms with Gasteiger partial charge in [0.1, 0.15) is 0 Å². The Morgan fingerprint density at radius 1 is 0.491 bits per heavy atom. The smallest absolute Gasteiger partial charge is 0.305 e. The summed E-state index contributed by atoms with van der Waals surface area (Å²) in [6.07, 6.45) is 50.7. The van der Waals surface area contributed by atoms with Crippen LogP contribution in [0.25, 0.3) is 0 Å². The fourth-order valence-corrected chi connectivity index (χ4v) is 7.51. The first-order valence-electron chi connectivity index (χ1n) is 24.5. The number of allylic oxidation sites excluding steroid dienone is 1. The number of carbonyl (C=O) groups excluding carboxylic acids is 2. The lowest BCUT2D eigenvalue weighted by atomic mass is 10.0. The van der Waals surface area contributed by atoms with Crippen molar-refractivity contribution in [2.45, 2.75) is 276 Å². The van der Waals surface area contributed by atoms with Crippen molar-refractivity contribution in [1.82, 2.24) is 5.32 Å². The number of carbonyl (C=O) groups is 2. The summed E-state index contributed by atoms with van der Waals surface area (Å²) in [6, 6.07) is -0.638. The quantitative estimate of drug-likeness (QED) is 0.0325. The number of hydrogen-bond acceptors (Lipinski definition) is 5. The molecule has 0 aromatic carbocycles. The van der Waals surface area contributed by atoms with Gasteiger partial charge >= 0.3 is 5.97 Å². The Balaban J connectivity index is 3.43. The summed E-state index contributed by atoms with van der Waals surface area (Å²) in [5.41, 5.74) is 0. The molecule has 0 aromatic rings. The van der Waals surface area contributed by atoms with Crippen LogP contribution in [0.3, 0.4) is 0 Å². The van der Waals surface area contributed by atoms with E-state index in [-0.39, 0.29) is 18.5 Å². The molecule has 0 spiro atoms. The Kier molecular flexibility index (Phi) is 44.2. The molecule has 2 unspecified atom stereocenters. The maximum atomic E-state index is 12.3. The second-order valence-electron chi connectivity index (χ2n) is 16.8. The second kappa shape index (κ2) is 45.3. The molecule has 326 valence electrons. The first-order chi connectivity index (χ1) is 27.0. The molecule has 0 aliphatic carbocycles. The maximum absolute atomic E-state index is 12.3. The number of aliphatic hydroxyl groups excluding tert-OH is 2. The van der Waals surface area contributed by atoms with Crippen molar-refractivity contribution in [3.63, 3.8) is 0 Å². The molecule has 6 nitrogen and oxygen atoms in total. The van der Waals surface area contributed by atoms with E-state index in [4.69, 9.17) is 4.74 Å². The summed E-state index contributed by atoms with van der Waals surface area (Å²) in [5.74, 6) is -0.101. The minimum absolute atomic E-state index is 0.0118. The van der Waals surface area contributed by atoms with E-state index in [0.29, 0.717) is 19.4 Å². The van der Waals surface area contributed by atoms with E-state index in [1.165, 1.54) is 180 Å². The average Bonchev–Trinajstić information content (AvgIpc) is 3.18. The van der Waals surface area contributed by atoms with Gasteiger partial charge < -0.3 is 20.3 Å².